The zero-order valence-corrected chi connectivity index (χ0v) is 9.84. The van der Waals surface area contributed by atoms with Crippen LogP contribution in [0.2, 0.25) is 0 Å². The summed E-state index contributed by atoms with van der Waals surface area (Å²) in [6, 6.07) is 2.06. The molecule has 0 bridgehead atoms. The smallest absolute Gasteiger partial charge is 0.138 e. The summed E-state index contributed by atoms with van der Waals surface area (Å²) >= 11 is 2.88. The highest BCUT2D eigenvalue weighted by Crippen LogP contribution is 2.24. The van der Waals surface area contributed by atoms with Gasteiger partial charge in [0.1, 0.15) is 11.6 Å². The van der Waals surface area contributed by atoms with E-state index in [0.717, 1.165) is 12.1 Å². The molecule has 16 heavy (non-hydrogen) atoms. The Morgan fingerprint density at radius 2 is 2.06 bits per heavy atom. The molecular weight excluding hydrogens is 278 g/mol. The van der Waals surface area contributed by atoms with Crippen molar-refractivity contribution in [3.8, 4) is 0 Å². The van der Waals surface area contributed by atoms with E-state index in [-0.39, 0.29) is 15.7 Å². The number of rotatable bonds is 3. The summed E-state index contributed by atoms with van der Waals surface area (Å²) in [6.45, 7) is 3.53. The molecule has 1 aromatic rings. The van der Waals surface area contributed by atoms with Gasteiger partial charge in [-0.15, -0.1) is 0 Å². The third kappa shape index (κ3) is 3.00. The fourth-order valence-corrected chi connectivity index (χ4v) is 1.31. The lowest BCUT2D eigenvalue weighted by atomic mass is 10.1. The molecule has 84 valence electrons. The van der Waals surface area contributed by atoms with Crippen LogP contribution in [0.15, 0.2) is 40.5 Å². The van der Waals surface area contributed by atoms with E-state index < -0.39 is 11.6 Å². The number of nitrogens with two attached hydrogens (primary N) is 1. The number of halogens is 3. The Balaban J connectivity index is 3.04. The van der Waals surface area contributed by atoms with Crippen molar-refractivity contribution in [1.82, 2.24) is 0 Å². The van der Waals surface area contributed by atoms with Crippen molar-refractivity contribution in [3.05, 3.63) is 52.7 Å². The SMILES string of the molecule is C=C(N=C/C=C\N)c1cc(F)c(Br)cc1F. The molecule has 0 aliphatic carbocycles. The van der Waals surface area contributed by atoms with Crippen LogP contribution in [0, 0.1) is 11.6 Å². The van der Waals surface area contributed by atoms with Gasteiger partial charge in [0.25, 0.3) is 0 Å². The molecule has 2 nitrogen and oxygen atoms in total. The van der Waals surface area contributed by atoms with Crippen LogP contribution in [0.25, 0.3) is 5.70 Å². The molecule has 0 aliphatic heterocycles. The van der Waals surface area contributed by atoms with E-state index in [2.05, 4.69) is 27.5 Å². The van der Waals surface area contributed by atoms with Crippen LogP contribution >= 0.6 is 15.9 Å². The van der Waals surface area contributed by atoms with Crippen LogP contribution in [-0.2, 0) is 0 Å². The monoisotopic (exact) mass is 286 g/mol. The van der Waals surface area contributed by atoms with Crippen LogP contribution < -0.4 is 5.73 Å². The molecule has 0 aromatic heterocycles. The van der Waals surface area contributed by atoms with E-state index in [1.807, 2.05) is 0 Å². The van der Waals surface area contributed by atoms with Gasteiger partial charge in [0, 0.05) is 11.8 Å². The Morgan fingerprint density at radius 3 is 2.69 bits per heavy atom. The van der Waals surface area contributed by atoms with Crippen molar-refractivity contribution in [2.45, 2.75) is 0 Å². The Morgan fingerprint density at radius 1 is 1.38 bits per heavy atom. The number of nitrogens with zero attached hydrogens (tertiary/aromatic N) is 1. The minimum Gasteiger partial charge on any atom is -0.405 e. The minimum atomic E-state index is -0.591. The van der Waals surface area contributed by atoms with Crippen LogP contribution in [0.1, 0.15) is 5.56 Å². The molecule has 0 amide bonds. The molecule has 0 atom stereocenters. The molecule has 0 unspecified atom stereocenters. The topological polar surface area (TPSA) is 38.4 Å². The standard InChI is InChI=1S/C11H9BrF2N2/c1-7(16-4-2-3-15)8-5-11(14)9(12)6-10(8)13/h2-6H,1,15H2/b3-2-,16-4?. The second-order valence-electron chi connectivity index (χ2n) is 2.86. The first-order valence-electron chi connectivity index (χ1n) is 4.31. The molecule has 0 saturated carbocycles. The van der Waals surface area contributed by atoms with Gasteiger partial charge in [0.15, 0.2) is 0 Å². The molecule has 0 heterocycles. The average molecular weight is 287 g/mol. The second-order valence-corrected chi connectivity index (χ2v) is 3.71. The quantitative estimate of drug-likeness (QED) is 0.672. The van der Waals surface area contributed by atoms with Gasteiger partial charge in [-0.1, -0.05) is 6.58 Å². The van der Waals surface area contributed by atoms with Crippen LogP contribution in [0.5, 0.6) is 0 Å². The summed E-state index contributed by atoms with van der Waals surface area (Å²) in [4.78, 5) is 3.81. The summed E-state index contributed by atoms with van der Waals surface area (Å²) in [7, 11) is 0. The highest BCUT2D eigenvalue weighted by molar-refractivity contribution is 9.10. The van der Waals surface area contributed by atoms with E-state index in [1.165, 1.54) is 18.5 Å². The Hall–Kier alpha value is -1.49. The maximum Gasteiger partial charge on any atom is 0.138 e. The third-order valence-electron chi connectivity index (χ3n) is 1.75. The minimum absolute atomic E-state index is 0.0161. The highest BCUT2D eigenvalue weighted by atomic mass is 79.9. The lowest BCUT2D eigenvalue weighted by molar-refractivity contribution is 0.591. The van der Waals surface area contributed by atoms with Crippen molar-refractivity contribution in [3.63, 3.8) is 0 Å². The van der Waals surface area contributed by atoms with Gasteiger partial charge < -0.3 is 5.73 Å². The highest BCUT2D eigenvalue weighted by Gasteiger charge is 2.09. The van der Waals surface area contributed by atoms with Gasteiger partial charge in [-0.3, -0.25) is 4.99 Å². The maximum absolute atomic E-state index is 13.4. The summed E-state index contributed by atoms with van der Waals surface area (Å²) in [5, 5.41) is 0. The van der Waals surface area contributed by atoms with Crippen LogP contribution in [0.4, 0.5) is 8.78 Å². The Labute approximate surface area is 100 Å². The first-order chi connectivity index (χ1) is 7.56. The van der Waals surface area contributed by atoms with Crippen molar-refractivity contribution in [2.75, 3.05) is 0 Å². The molecule has 0 aliphatic rings. The van der Waals surface area contributed by atoms with Gasteiger partial charge in [-0.2, -0.15) is 0 Å². The first-order valence-corrected chi connectivity index (χ1v) is 5.10. The third-order valence-corrected chi connectivity index (χ3v) is 2.36. The zero-order chi connectivity index (χ0) is 12.1. The molecule has 2 N–H and O–H groups in total. The Kier molecular flexibility index (Phi) is 4.37. The van der Waals surface area contributed by atoms with Gasteiger partial charge in [0.2, 0.25) is 0 Å². The Bertz CT molecular complexity index is 467. The second kappa shape index (κ2) is 5.55. The lowest BCUT2D eigenvalue weighted by Gasteiger charge is -2.03. The summed E-state index contributed by atoms with van der Waals surface area (Å²) in [6.07, 6.45) is 4.08. The normalized spacial score (nSPS) is 11.4. The maximum atomic E-state index is 13.4. The molecule has 0 spiro atoms. The zero-order valence-electron chi connectivity index (χ0n) is 8.25. The molecule has 0 saturated heterocycles. The van der Waals surface area contributed by atoms with E-state index in [9.17, 15) is 8.78 Å². The predicted molar refractivity (Wildman–Crippen MR) is 64.9 cm³/mol. The van der Waals surface area contributed by atoms with E-state index in [0.29, 0.717) is 0 Å². The molecule has 0 radical (unpaired) electrons. The largest absolute Gasteiger partial charge is 0.405 e. The lowest BCUT2D eigenvalue weighted by Crippen LogP contribution is -1.91. The van der Waals surface area contributed by atoms with Gasteiger partial charge in [0.05, 0.1) is 10.2 Å². The summed E-state index contributed by atoms with van der Waals surface area (Å²) in [5.74, 6) is -1.16. The predicted octanol–water partition coefficient (Wildman–Crippen LogP) is 3.24. The van der Waals surface area contributed by atoms with Crippen LogP contribution in [0.3, 0.4) is 0 Å². The van der Waals surface area contributed by atoms with Crippen molar-refractivity contribution in [2.24, 2.45) is 10.7 Å². The average Bonchev–Trinajstić information content (AvgIpc) is 2.23. The van der Waals surface area contributed by atoms with E-state index >= 15 is 0 Å². The van der Waals surface area contributed by atoms with Crippen molar-refractivity contribution < 1.29 is 8.78 Å². The molecule has 1 rings (SSSR count). The molecule has 1 aromatic carbocycles. The van der Waals surface area contributed by atoms with Crippen molar-refractivity contribution >= 4 is 27.8 Å². The number of aliphatic imine (C=N–C) groups is 1. The summed E-state index contributed by atoms with van der Waals surface area (Å²) in [5.41, 5.74) is 5.23. The van der Waals surface area contributed by atoms with Crippen LogP contribution in [-0.4, -0.2) is 6.21 Å². The fourth-order valence-electron chi connectivity index (χ4n) is 0.996. The fraction of sp³-hybridized carbons (Fsp3) is 0. The molecule has 5 heteroatoms. The number of hydrogen-bond acceptors (Lipinski definition) is 2. The van der Waals surface area contributed by atoms with E-state index in [1.54, 1.807) is 0 Å². The van der Waals surface area contributed by atoms with Gasteiger partial charge in [-0.25, -0.2) is 8.78 Å². The van der Waals surface area contributed by atoms with Crippen molar-refractivity contribution in [1.29, 1.82) is 0 Å². The first kappa shape index (κ1) is 12.6. The van der Waals surface area contributed by atoms with Gasteiger partial charge >= 0.3 is 0 Å². The number of benzene rings is 1. The summed E-state index contributed by atoms with van der Waals surface area (Å²) < 4.78 is 26.6. The molecule has 0 fully saturated rings. The van der Waals surface area contributed by atoms with E-state index in [4.69, 9.17) is 5.73 Å². The number of allylic oxidation sites excluding steroid dienone is 1. The van der Waals surface area contributed by atoms with Gasteiger partial charge in [-0.05, 0) is 40.3 Å². The number of hydrogen-bond donors (Lipinski definition) is 1. The molecular formula is C11H9BrF2N2.